The van der Waals surface area contributed by atoms with Crippen molar-refractivity contribution >= 4 is 39.7 Å². The highest BCUT2D eigenvalue weighted by molar-refractivity contribution is 7.44. The molecule has 0 saturated heterocycles. The first-order valence-corrected chi connectivity index (χ1v) is 21.2. The molecule has 2 atom stereocenters. The summed E-state index contributed by atoms with van der Waals surface area (Å²) >= 11 is 0. The molecule has 12 nitrogen and oxygen atoms in total. The van der Waals surface area contributed by atoms with Crippen LogP contribution < -0.4 is 5.32 Å². The van der Waals surface area contributed by atoms with Gasteiger partial charge in [-0.05, 0) is 70.8 Å². The van der Waals surface area contributed by atoms with Crippen LogP contribution in [-0.2, 0) is 18.2 Å². The Morgan fingerprint density at radius 2 is 1.69 bits per heavy atom. The first-order chi connectivity index (χ1) is 23.1. The maximum Gasteiger partial charge on any atom is 0.259 e. The molecule has 0 aliphatic rings. The lowest BCUT2D eigenvalue weighted by molar-refractivity contribution is -0.158. The average Bonchev–Trinajstić information content (AvgIpc) is 3.49. The molecule has 3 aromatic rings. The minimum absolute atomic E-state index is 0.0188. The van der Waals surface area contributed by atoms with Crippen LogP contribution >= 0.6 is 8.53 Å². The zero-order chi connectivity index (χ0) is 36.4. The maximum absolute atomic E-state index is 13.0. The average molecular weight is 714 g/mol. The second-order valence-electron chi connectivity index (χ2n) is 14.2. The minimum Gasteiger partial charge on any atom is -0.412 e. The highest BCUT2D eigenvalue weighted by atomic mass is 31.2. The van der Waals surface area contributed by atoms with Crippen molar-refractivity contribution in [2.24, 2.45) is 0 Å². The van der Waals surface area contributed by atoms with E-state index in [4.69, 9.17) is 23.5 Å². The predicted molar refractivity (Wildman–Crippen MR) is 197 cm³/mol. The van der Waals surface area contributed by atoms with E-state index in [0.717, 1.165) is 0 Å². The minimum atomic E-state index is -2.19. The van der Waals surface area contributed by atoms with E-state index in [1.165, 1.54) is 6.33 Å². The summed E-state index contributed by atoms with van der Waals surface area (Å²) in [7, 11) is -3.66. The van der Waals surface area contributed by atoms with Crippen LogP contribution in [-0.4, -0.2) is 75.9 Å². The van der Waals surface area contributed by atoms with Crippen LogP contribution in [0.3, 0.4) is 0 Å². The highest BCUT2D eigenvalue weighted by Crippen LogP contribution is 2.47. The van der Waals surface area contributed by atoms with Gasteiger partial charge in [-0.3, -0.25) is 9.36 Å². The molecule has 3 rings (SSSR count). The van der Waals surface area contributed by atoms with Crippen LogP contribution in [0.5, 0.6) is 0 Å². The van der Waals surface area contributed by atoms with E-state index in [-0.39, 0.29) is 49.3 Å². The zero-order valence-electron chi connectivity index (χ0n) is 31.2. The summed E-state index contributed by atoms with van der Waals surface area (Å²) < 4.78 is 30.8. The van der Waals surface area contributed by atoms with E-state index in [1.54, 1.807) is 18.5 Å². The number of nitrogens with one attached hydrogen (secondary N) is 1. The van der Waals surface area contributed by atoms with Crippen LogP contribution in [0.25, 0.3) is 11.2 Å². The summed E-state index contributed by atoms with van der Waals surface area (Å²) in [6.07, 6.45) is 4.07. The number of ether oxygens (including phenoxy) is 1. The van der Waals surface area contributed by atoms with Crippen LogP contribution in [0.4, 0.5) is 5.82 Å². The maximum atomic E-state index is 13.0. The Morgan fingerprint density at radius 1 is 1.04 bits per heavy atom. The van der Waals surface area contributed by atoms with E-state index in [9.17, 15) is 4.79 Å². The third-order valence-electron chi connectivity index (χ3n) is 9.10. The van der Waals surface area contributed by atoms with Crippen molar-refractivity contribution < 1.29 is 23.0 Å². The van der Waals surface area contributed by atoms with Gasteiger partial charge in [0.05, 0.1) is 44.2 Å². The number of hydrogen-bond acceptors (Lipinski definition) is 10. The SMILES string of the molecule is CCC(CC)(COP(OCCC#N)N(C(C)C)C(C)C)O[C@H](CO[Si](C)(C)C(C)(C)C)n1cnc2c(NC(=O)c3ccccc3)ncnc21. The number of carbonyl (C=O) groups is 1. The molecule has 2 heterocycles. The van der Waals surface area contributed by atoms with Crippen molar-refractivity contribution in [2.75, 3.05) is 25.1 Å². The van der Waals surface area contributed by atoms with Gasteiger partial charge in [-0.1, -0.05) is 52.8 Å². The second kappa shape index (κ2) is 17.9. The van der Waals surface area contributed by atoms with Gasteiger partial charge in [0.2, 0.25) is 0 Å². The van der Waals surface area contributed by atoms with Crippen molar-refractivity contribution in [2.45, 2.75) is 124 Å². The van der Waals surface area contributed by atoms with Gasteiger partial charge in [-0.25, -0.2) is 19.6 Å². The monoisotopic (exact) mass is 713 g/mol. The number of nitriles is 1. The molecule has 0 aliphatic carbocycles. The molecule has 1 N–H and O–H groups in total. The molecule has 270 valence electrons. The van der Waals surface area contributed by atoms with Gasteiger partial charge in [0.1, 0.15) is 6.33 Å². The molecule has 0 fully saturated rings. The summed E-state index contributed by atoms with van der Waals surface area (Å²) in [5, 5.41) is 12.0. The molecular formula is C35H56N7O5PSi. The smallest absolute Gasteiger partial charge is 0.259 e. The number of amides is 1. The third-order valence-corrected chi connectivity index (χ3v) is 15.7. The Morgan fingerprint density at radius 3 is 2.27 bits per heavy atom. The molecule has 2 aromatic heterocycles. The van der Waals surface area contributed by atoms with E-state index in [0.29, 0.717) is 35.4 Å². The number of benzene rings is 1. The lowest BCUT2D eigenvalue weighted by Crippen LogP contribution is -2.45. The van der Waals surface area contributed by atoms with Gasteiger partial charge in [0.25, 0.3) is 14.4 Å². The summed E-state index contributed by atoms with van der Waals surface area (Å²) in [6, 6.07) is 11.5. The number of carbonyl (C=O) groups excluding carboxylic acids is 1. The second-order valence-corrected chi connectivity index (χ2v) is 20.5. The van der Waals surface area contributed by atoms with Crippen molar-refractivity contribution in [3.8, 4) is 6.07 Å². The van der Waals surface area contributed by atoms with Crippen LogP contribution in [0.1, 0.15) is 98.2 Å². The number of anilines is 1. The number of fused-ring (bicyclic) bond motifs is 1. The first kappa shape index (κ1) is 40.6. The zero-order valence-corrected chi connectivity index (χ0v) is 33.1. The molecule has 0 bridgehead atoms. The number of imidazole rings is 1. The molecular weight excluding hydrogens is 657 g/mol. The van der Waals surface area contributed by atoms with E-state index in [1.807, 2.05) is 22.8 Å². The topological polar surface area (TPSA) is 137 Å². The quantitative estimate of drug-likeness (QED) is 0.0732. The van der Waals surface area contributed by atoms with Crippen molar-refractivity contribution in [1.29, 1.82) is 5.26 Å². The lowest BCUT2D eigenvalue weighted by atomic mass is 9.98. The van der Waals surface area contributed by atoms with E-state index >= 15 is 0 Å². The van der Waals surface area contributed by atoms with Crippen molar-refractivity contribution in [3.63, 3.8) is 0 Å². The van der Waals surface area contributed by atoms with Crippen LogP contribution in [0.15, 0.2) is 43.0 Å². The molecule has 1 aromatic carbocycles. The summed E-state index contributed by atoms with van der Waals surface area (Å²) in [5.74, 6) is 0.0209. The number of hydrogen-bond donors (Lipinski definition) is 1. The van der Waals surface area contributed by atoms with Gasteiger partial charge in [0.15, 0.2) is 31.5 Å². The molecule has 0 spiro atoms. The van der Waals surface area contributed by atoms with Crippen LogP contribution in [0, 0.1) is 11.3 Å². The Balaban J connectivity index is 2.00. The van der Waals surface area contributed by atoms with Crippen molar-refractivity contribution in [1.82, 2.24) is 24.2 Å². The van der Waals surface area contributed by atoms with Gasteiger partial charge in [-0.2, -0.15) is 5.26 Å². The molecule has 1 unspecified atom stereocenters. The highest BCUT2D eigenvalue weighted by Gasteiger charge is 2.40. The molecule has 0 aliphatic heterocycles. The summed E-state index contributed by atoms with van der Waals surface area (Å²) in [4.78, 5) is 26.6. The normalized spacial score (nSPS) is 14.1. The first-order valence-electron chi connectivity index (χ1n) is 17.2. The van der Waals surface area contributed by atoms with E-state index < -0.39 is 28.7 Å². The van der Waals surface area contributed by atoms with E-state index in [2.05, 4.69) is 106 Å². The predicted octanol–water partition coefficient (Wildman–Crippen LogP) is 8.47. The summed E-state index contributed by atoms with van der Waals surface area (Å²) in [6.45, 7) is 24.5. The fourth-order valence-electron chi connectivity index (χ4n) is 5.02. The lowest BCUT2D eigenvalue weighted by Gasteiger charge is -2.41. The molecule has 14 heteroatoms. The largest absolute Gasteiger partial charge is 0.412 e. The van der Waals surface area contributed by atoms with Gasteiger partial charge < -0.3 is 23.5 Å². The molecule has 0 saturated carbocycles. The number of rotatable bonds is 19. The third kappa shape index (κ3) is 10.6. The standard InChI is InChI=1S/C35H56N7O5PSi/c1-12-35(13-2,23-45-48(44-21-17-20-36)42(26(3)4)27(5)6)47-29(22-46-49(10,11)34(7,8)9)41-25-39-30-31(37-24-38-32(30)41)40-33(43)28-18-15-14-16-19-28/h14-16,18-19,24-27,29H,12-13,17,21-23H2,1-11H3,(H,37,38,40,43)/t29-,48?/m1/s1. The van der Waals surface area contributed by atoms with Gasteiger partial charge in [-0.15, -0.1) is 0 Å². The Hall–Kier alpha value is -2.82. The van der Waals surface area contributed by atoms with Crippen LogP contribution in [0.2, 0.25) is 18.1 Å². The Labute approximate surface area is 295 Å². The number of aromatic nitrogens is 4. The summed E-state index contributed by atoms with van der Waals surface area (Å²) in [5.41, 5.74) is 0.755. The van der Waals surface area contributed by atoms with Crippen molar-refractivity contribution in [3.05, 3.63) is 48.5 Å². The Bertz CT molecular complexity index is 1510. The fraction of sp³-hybridized carbons (Fsp3) is 0.629. The van der Waals surface area contributed by atoms with Gasteiger partial charge >= 0.3 is 0 Å². The Kier molecular flexibility index (Phi) is 14.8. The fourth-order valence-corrected chi connectivity index (χ4v) is 7.70. The number of nitrogens with zero attached hydrogens (tertiary/aromatic N) is 6. The molecule has 0 radical (unpaired) electrons. The molecule has 49 heavy (non-hydrogen) atoms. The van der Waals surface area contributed by atoms with Gasteiger partial charge in [0, 0.05) is 17.6 Å². The molecule has 1 amide bonds.